The summed E-state index contributed by atoms with van der Waals surface area (Å²) in [5.41, 5.74) is -0.659. The average molecular weight is 334 g/mol. The van der Waals surface area contributed by atoms with Gasteiger partial charge in [0.05, 0.1) is 18.4 Å². The van der Waals surface area contributed by atoms with Gasteiger partial charge in [-0.2, -0.15) is 0 Å². The average Bonchev–Trinajstić information content (AvgIpc) is 2.99. The molecule has 0 spiro atoms. The van der Waals surface area contributed by atoms with Crippen LogP contribution in [0.15, 0.2) is 24.3 Å². The molecule has 0 unspecified atom stereocenters. The topological polar surface area (TPSA) is 75.7 Å². The van der Waals surface area contributed by atoms with Crippen LogP contribution in [-0.4, -0.2) is 41.9 Å². The maximum Gasteiger partial charge on any atom is 0.326 e. The van der Waals surface area contributed by atoms with Crippen LogP contribution in [0.1, 0.15) is 25.5 Å². The summed E-state index contributed by atoms with van der Waals surface area (Å²) < 4.78 is 18.3. The number of benzene rings is 1. The highest BCUT2D eigenvalue weighted by molar-refractivity contribution is 6.09. The number of amides is 2. The number of ether oxygens (including phenoxy) is 1. The zero-order chi connectivity index (χ0) is 17.6. The molecule has 2 aliphatic heterocycles. The van der Waals surface area contributed by atoms with Gasteiger partial charge in [0.2, 0.25) is 11.8 Å². The minimum Gasteiger partial charge on any atom is -0.465 e. The number of hydrogen-bond acceptors (Lipinski definition) is 5. The third-order valence-electron chi connectivity index (χ3n) is 4.94. The van der Waals surface area contributed by atoms with E-state index in [-0.39, 0.29) is 12.5 Å². The first kappa shape index (κ1) is 16.6. The first-order valence-corrected chi connectivity index (χ1v) is 7.83. The Hall–Kier alpha value is -2.28. The van der Waals surface area contributed by atoms with Crippen LogP contribution >= 0.6 is 0 Å². The number of rotatable bonds is 3. The van der Waals surface area contributed by atoms with Crippen LogP contribution in [-0.2, 0) is 19.1 Å². The van der Waals surface area contributed by atoms with E-state index in [0.29, 0.717) is 5.56 Å². The number of hydrogen-bond donors (Lipinski definition) is 1. The summed E-state index contributed by atoms with van der Waals surface area (Å²) in [5, 5.41) is 3.11. The van der Waals surface area contributed by atoms with E-state index in [4.69, 9.17) is 4.74 Å². The van der Waals surface area contributed by atoms with E-state index in [9.17, 15) is 18.8 Å². The lowest BCUT2D eigenvalue weighted by molar-refractivity contribution is -0.155. The Bertz CT molecular complexity index is 705. The van der Waals surface area contributed by atoms with E-state index in [2.05, 4.69) is 5.32 Å². The van der Waals surface area contributed by atoms with E-state index in [1.54, 1.807) is 26.0 Å². The second-order valence-corrected chi connectivity index (χ2v) is 6.34. The molecule has 0 aliphatic carbocycles. The second kappa shape index (κ2) is 5.66. The zero-order valence-corrected chi connectivity index (χ0v) is 13.7. The quantitative estimate of drug-likeness (QED) is 0.660. The summed E-state index contributed by atoms with van der Waals surface area (Å²) in [6.07, 6.45) is 0. The first-order chi connectivity index (χ1) is 11.3. The molecular weight excluding hydrogens is 315 g/mol. The van der Waals surface area contributed by atoms with Gasteiger partial charge in [-0.25, -0.2) is 4.39 Å². The van der Waals surface area contributed by atoms with E-state index in [1.165, 1.54) is 19.2 Å². The van der Waals surface area contributed by atoms with Gasteiger partial charge in [0, 0.05) is 13.1 Å². The number of nitrogens with zero attached hydrogens (tertiary/aromatic N) is 1. The van der Waals surface area contributed by atoms with Gasteiger partial charge in [-0.05, 0) is 31.5 Å². The lowest BCUT2D eigenvalue weighted by Crippen LogP contribution is -2.53. The Labute approximate surface area is 139 Å². The van der Waals surface area contributed by atoms with Crippen LogP contribution in [0.4, 0.5) is 4.39 Å². The molecule has 4 atom stereocenters. The summed E-state index contributed by atoms with van der Waals surface area (Å²) in [6, 6.07) is 5.12. The molecule has 0 aromatic heterocycles. The van der Waals surface area contributed by atoms with Crippen LogP contribution in [0.3, 0.4) is 0 Å². The highest BCUT2D eigenvalue weighted by atomic mass is 19.1. The fourth-order valence-corrected chi connectivity index (χ4v) is 3.71. The molecule has 1 N–H and O–H groups in total. The van der Waals surface area contributed by atoms with Crippen molar-refractivity contribution in [2.75, 3.05) is 13.7 Å². The van der Waals surface area contributed by atoms with E-state index < -0.39 is 41.1 Å². The van der Waals surface area contributed by atoms with Crippen molar-refractivity contribution < 1.29 is 23.5 Å². The largest absolute Gasteiger partial charge is 0.465 e. The lowest BCUT2D eigenvalue weighted by Gasteiger charge is -2.28. The second-order valence-electron chi connectivity index (χ2n) is 6.34. The van der Waals surface area contributed by atoms with Gasteiger partial charge < -0.3 is 4.74 Å². The molecule has 2 heterocycles. The van der Waals surface area contributed by atoms with Gasteiger partial charge in [0.25, 0.3) is 0 Å². The van der Waals surface area contributed by atoms with Crippen LogP contribution in [0.2, 0.25) is 0 Å². The van der Waals surface area contributed by atoms with Crippen molar-refractivity contribution in [1.29, 1.82) is 0 Å². The van der Waals surface area contributed by atoms with Crippen molar-refractivity contribution >= 4 is 17.8 Å². The van der Waals surface area contributed by atoms with Crippen LogP contribution < -0.4 is 5.32 Å². The molecule has 1 aromatic rings. The predicted molar refractivity (Wildman–Crippen MR) is 82.1 cm³/mol. The fraction of sp³-hybridized carbons (Fsp3) is 0.471. The molecule has 24 heavy (non-hydrogen) atoms. The monoisotopic (exact) mass is 334 g/mol. The van der Waals surface area contributed by atoms with Gasteiger partial charge in [-0.1, -0.05) is 12.1 Å². The first-order valence-electron chi connectivity index (χ1n) is 7.83. The summed E-state index contributed by atoms with van der Waals surface area (Å²) in [5.74, 6) is -3.28. The fourth-order valence-electron chi connectivity index (χ4n) is 3.71. The Kier molecular flexibility index (Phi) is 3.91. The molecule has 2 amide bonds. The maximum atomic E-state index is 13.2. The summed E-state index contributed by atoms with van der Waals surface area (Å²) in [6.45, 7) is 3.43. The van der Waals surface area contributed by atoms with E-state index in [0.717, 1.165) is 4.90 Å². The smallest absolute Gasteiger partial charge is 0.326 e. The molecule has 7 heteroatoms. The highest BCUT2D eigenvalue weighted by Crippen LogP contribution is 2.48. The Morgan fingerprint density at radius 3 is 2.50 bits per heavy atom. The molecule has 0 bridgehead atoms. The lowest BCUT2D eigenvalue weighted by atomic mass is 9.80. The van der Waals surface area contributed by atoms with Crippen LogP contribution in [0, 0.1) is 17.7 Å². The Balaban J connectivity index is 2.06. The minimum absolute atomic E-state index is 0.173. The molecular formula is C17H19FN2O4. The molecule has 2 saturated heterocycles. The standard InChI is InChI=1S/C17H19FN2O4/c1-4-24-16(23)17(2)12-11(14(21)20(3)15(12)22)13(19-17)9-5-7-10(18)8-6-9/h5-8,11-13,19H,4H2,1-3H3/t11-,12+,13-,17-/m1/s1. The summed E-state index contributed by atoms with van der Waals surface area (Å²) in [7, 11) is 1.41. The number of carbonyl (C=O) groups excluding carboxylic acids is 3. The van der Waals surface area contributed by atoms with Crippen molar-refractivity contribution in [2.24, 2.45) is 11.8 Å². The van der Waals surface area contributed by atoms with Crippen LogP contribution in [0.25, 0.3) is 0 Å². The molecule has 0 radical (unpaired) electrons. The molecule has 2 fully saturated rings. The normalized spacial score (nSPS) is 32.2. The Morgan fingerprint density at radius 1 is 1.29 bits per heavy atom. The molecule has 1 aromatic carbocycles. The number of likely N-dealkylation sites (tertiary alicyclic amines) is 1. The number of esters is 1. The SMILES string of the molecule is CCOC(=O)[C@]1(C)N[C@H](c2ccc(F)cc2)[C@@H]2C(=O)N(C)C(=O)[C@H]21. The van der Waals surface area contributed by atoms with Crippen molar-refractivity contribution in [2.45, 2.75) is 25.4 Å². The number of halogens is 1. The number of imide groups is 1. The predicted octanol–water partition coefficient (Wildman–Crippen LogP) is 1.02. The molecule has 0 saturated carbocycles. The maximum absolute atomic E-state index is 13.2. The van der Waals surface area contributed by atoms with E-state index >= 15 is 0 Å². The third-order valence-corrected chi connectivity index (χ3v) is 4.94. The molecule has 2 aliphatic rings. The van der Waals surface area contributed by atoms with E-state index in [1.807, 2.05) is 0 Å². The van der Waals surface area contributed by atoms with Crippen LogP contribution in [0.5, 0.6) is 0 Å². The zero-order valence-electron chi connectivity index (χ0n) is 13.7. The van der Waals surface area contributed by atoms with Crippen molar-refractivity contribution in [3.05, 3.63) is 35.6 Å². The minimum atomic E-state index is -1.31. The summed E-state index contributed by atoms with van der Waals surface area (Å²) in [4.78, 5) is 38.6. The van der Waals surface area contributed by atoms with Gasteiger partial charge >= 0.3 is 5.97 Å². The molecule has 6 nitrogen and oxygen atoms in total. The Morgan fingerprint density at radius 2 is 1.92 bits per heavy atom. The third kappa shape index (κ3) is 2.23. The molecule has 3 rings (SSSR count). The van der Waals surface area contributed by atoms with Crippen molar-refractivity contribution in [3.63, 3.8) is 0 Å². The van der Waals surface area contributed by atoms with Gasteiger partial charge in [0.1, 0.15) is 11.4 Å². The van der Waals surface area contributed by atoms with Gasteiger partial charge in [-0.3, -0.25) is 24.6 Å². The summed E-state index contributed by atoms with van der Waals surface area (Å²) >= 11 is 0. The molecule has 128 valence electrons. The van der Waals surface area contributed by atoms with Crippen molar-refractivity contribution in [3.8, 4) is 0 Å². The number of carbonyl (C=O) groups is 3. The number of nitrogens with one attached hydrogen (secondary N) is 1. The van der Waals surface area contributed by atoms with Crippen molar-refractivity contribution in [1.82, 2.24) is 10.2 Å². The highest BCUT2D eigenvalue weighted by Gasteiger charge is 2.66. The van der Waals surface area contributed by atoms with Gasteiger partial charge in [0.15, 0.2) is 0 Å². The number of fused-ring (bicyclic) bond motifs is 1. The van der Waals surface area contributed by atoms with Gasteiger partial charge in [-0.15, -0.1) is 0 Å².